The number of alkyl halides is 1. The summed E-state index contributed by atoms with van der Waals surface area (Å²) >= 11 is 15.5. The summed E-state index contributed by atoms with van der Waals surface area (Å²) in [7, 11) is 0. The van der Waals surface area contributed by atoms with Crippen LogP contribution in [-0.4, -0.2) is 14.8 Å². The molecule has 1 heterocycles. The van der Waals surface area contributed by atoms with E-state index in [0.29, 0.717) is 10.9 Å². The summed E-state index contributed by atoms with van der Waals surface area (Å²) in [6, 6.07) is 5.73. The summed E-state index contributed by atoms with van der Waals surface area (Å²) in [6.45, 7) is 6.28. The Bertz CT molecular complexity index is 602. The maximum atomic E-state index is 6.14. The molecule has 0 atom stereocenters. The third-order valence-electron chi connectivity index (χ3n) is 2.70. The lowest BCUT2D eigenvalue weighted by Crippen LogP contribution is -2.24. The van der Waals surface area contributed by atoms with Crippen molar-refractivity contribution < 1.29 is 0 Å². The van der Waals surface area contributed by atoms with Crippen LogP contribution in [0.1, 0.15) is 26.6 Å². The van der Waals surface area contributed by atoms with E-state index < -0.39 is 0 Å². The molecule has 1 aromatic heterocycles. The first-order valence-corrected chi connectivity index (χ1v) is 7.51. The molecule has 0 N–H and O–H groups in total. The van der Waals surface area contributed by atoms with Crippen molar-refractivity contribution in [2.75, 3.05) is 0 Å². The summed E-state index contributed by atoms with van der Waals surface area (Å²) in [5.74, 6) is 1.86. The number of aromatic nitrogens is 3. The van der Waals surface area contributed by atoms with Gasteiger partial charge < -0.3 is 4.57 Å². The van der Waals surface area contributed by atoms with Crippen LogP contribution >= 0.6 is 39.1 Å². The van der Waals surface area contributed by atoms with Crippen LogP contribution in [0.4, 0.5) is 0 Å². The van der Waals surface area contributed by atoms with E-state index in [4.69, 9.17) is 23.2 Å². The summed E-state index contributed by atoms with van der Waals surface area (Å²) in [5, 5.41) is 9.05. The maximum absolute atomic E-state index is 6.14. The van der Waals surface area contributed by atoms with Crippen LogP contribution in [0.25, 0.3) is 11.4 Å². The topological polar surface area (TPSA) is 30.7 Å². The van der Waals surface area contributed by atoms with E-state index in [0.717, 1.165) is 21.7 Å². The minimum atomic E-state index is -0.150. The lowest BCUT2D eigenvalue weighted by molar-refractivity contribution is 0.390. The molecule has 0 saturated heterocycles. The quantitative estimate of drug-likeness (QED) is 0.714. The molecule has 0 spiro atoms. The smallest absolute Gasteiger partial charge is 0.164 e. The van der Waals surface area contributed by atoms with E-state index in [9.17, 15) is 0 Å². The minimum absolute atomic E-state index is 0.150. The number of halogens is 3. The van der Waals surface area contributed by atoms with Gasteiger partial charge in [0.25, 0.3) is 0 Å². The van der Waals surface area contributed by atoms with Crippen molar-refractivity contribution in [1.29, 1.82) is 0 Å². The molecule has 0 bridgehead atoms. The van der Waals surface area contributed by atoms with E-state index in [1.54, 1.807) is 0 Å². The minimum Gasteiger partial charge on any atom is -0.305 e. The molecule has 0 amide bonds. The van der Waals surface area contributed by atoms with Crippen LogP contribution in [0.2, 0.25) is 5.02 Å². The molecule has 19 heavy (non-hydrogen) atoms. The van der Waals surface area contributed by atoms with Crippen LogP contribution in [0.3, 0.4) is 0 Å². The molecule has 0 saturated carbocycles. The van der Waals surface area contributed by atoms with Gasteiger partial charge >= 0.3 is 0 Å². The van der Waals surface area contributed by atoms with Crippen LogP contribution in [0.15, 0.2) is 22.7 Å². The van der Waals surface area contributed by atoms with Gasteiger partial charge in [-0.05, 0) is 54.9 Å². The number of hydrogen-bond donors (Lipinski definition) is 0. The second-order valence-electron chi connectivity index (χ2n) is 5.21. The number of nitrogens with zero attached hydrogens (tertiary/aromatic N) is 3. The summed E-state index contributed by atoms with van der Waals surface area (Å²) in [6.07, 6.45) is 0. The third kappa shape index (κ3) is 2.96. The zero-order valence-electron chi connectivity index (χ0n) is 10.9. The predicted octanol–water partition coefficient (Wildman–Crippen LogP) is 4.85. The highest BCUT2D eigenvalue weighted by molar-refractivity contribution is 9.10. The molecule has 0 unspecified atom stereocenters. The van der Waals surface area contributed by atoms with Crippen molar-refractivity contribution in [3.8, 4) is 11.4 Å². The Morgan fingerprint density at radius 3 is 2.47 bits per heavy atom. The molecule has 0 fully saturated rings. The summed E-state index contributed by atoms with van der Waals surface area (Å²) in [4.78, 5) is 0. The van der Waals surface area contributed by atoms with Crippen molar-refractivity contribution in [3.05, 3.63) is 33.5 Å². The third-order valence-corrected chi connectivity index (χ3v) is 4.17. The van der Waals surface area contributed by atoms with Crippen molar-refractivity contribution >= 4 is 39.1 Å². The van der Waals surface area contributed by atoms with Crippen LogP contribution < -0.4 is 0 Å². The first-order valence-electron chi connectivity index (χ1n) is 5.80. The first kappa shape index (κ1) is 14.8. The Kier molecular flexibility index (Phi) is 4.23. The van der Waals surface area contributed by atoms with Crippen molar-refractivity contribution in [3.63, 3.8) is 0 Å². The molecule has 0 radical (unpaired) electrons. The van der Waals surface area contributed by atoms with Crippen molar-refractivity contribution in [1.82, 2.24) is 14.8 Å². The van der Waals surface area contributed by atoms with Crippen molar-refractivity contribution in [2.24, 2.45) is 0 Å². The molecule has 102 valence electrons. The van der Waals surface area contributed by atoms with Gasteiger partial charge in [-0.3, -0.25) is 0 Å². The predicted molar refractivity (Wildman–Crippen MR) is 82.7 cm³/mol. The average molecular weight is 363 g/mol. The van der Waals surface area contributed by atoms with E-state index in [-0.39, 0.29) is 5.54 Å². The molecule has 2 aromatic rings. The molecule has 0 aliphatic heterocycles. The highest BCUT2D eigenvalue weighted by Crippen LogP contribution is 2.31. The number of hydrogen-bond acceptors (Lipinski definition) is 2. The normalized spacial score (nSPS) is 11.9. The van der Waals surface area contributed by atoms with Gasteiger partial charge in [0.15, 0.2) is 5.82 Å². The molecule has 0 aliphatic rings. The van der Waals surface area contributed by atoms with Crippen LogP contribution in [0.5, 0.6) is 0 Å². The SMILES string of the molecule is CC(C)(C)n1c(CCl)nnc1-c1ccc(Br)c(Cl)c1. The molecular formula is C13H14BrCl2N3. The lowest BCUT2D eigenvalue weighted by Gasteiger charge is -2.24. The number of benzene rings is 1. The van der Waals surface area contributed by atoms with Gasteiger partial charge in [0.2, 0.25) is 0 Å². The molecule has 3 nitrogen and oxygen atoms in total. The van der Waals surface area contributed by atoms with Crippen LogP contribution in [0, 0.1) is 0 Å². The van der Waals surface area contributed by atoms with Gasteiger partial charge in [-0.25, -0.2) is 0 Å². The first-order chi connectivity index (χ1) is 8.84. The Morgan fingerprint density at radius 1 is 1.26 bits per heavy atom. The molecule has 2 rings (SSSR count). The Balaban J connectivity index is 2.62. The largest absolute Gasteiger partial charge is 0.305 e. The van der Waals surface area contributed by atoms with Gasteiger partial charge in [0.05, 0.1) is 10.9 Å². The molecule has 0 aliphatic carbocycles. The van der Waals surface area contributed by atoms with Gasteiger partial charge in [0, 0.05) is 15.6 Å². The monoisotopic (exact) mass is 361 g/mol. The van der Waals surface area contributed by atoms with Gasteiger partial charge in [-0.15, -0.1) is 21.8 Å². The standard InChI is InChI=1S/C13H14BrCl2N3/c1-13(2,3)19-11(7-15)17-18-12(19)8-4-5-9(14)10(16)6-8/h4-6H,7H2,1-3H3. The van der Waals surface area contributed by atoms with Gasteiger partial charge in [0.1, 0.15) is 5.82 Å². The average Bonchev–Trinajstić information content (AvgIpc) is 2.76. The van der Waals surface area contributed by atoms with E-state index >= 15 is 0 Å². The zero-order chi connectivity index (χ0) is 14.2. The van der Waals surface area contributed by atoms with E-state index in [1.807, 2.05) is 22.8 Å². The fourth-order valence-electron chi connectivity index (χ4n) is 1.93. The molecular weight excluding hydrogens is 349 g/mol. The van der Waals surface area contributed by atoms with Gasteiger partial charge in [-0.1, -0.05) is 11.6 Å². The molecule has 6 heteroatoms. The summed E-state index contributed by atoms with van der Waals surface area (Å²) in [5.41, 5.74) is 0.773. The number of rotatable bonds is 2. The highest BCUT2D eigenvalue weighted by Gasteiger charge is 2.23. The fourth-order valence-corrected chi connectivity index (χ4v) is 2.53. The van der Waals surface area contributed by atoms with Gasteiger partial charge in [-0.2, -0.15) is 0 Å². The summed E-state index contributed by atoms with van der Waals surface area (Å²) < 4.78 is 2.90. The molecule has 1 aromatic carbocycles. The van der Waals surface area contributed by atoms with Crippen LogP contribution in [-0.2, 0) is 11.4 Å². The fraction of sp³-hybridized carbons (Fsp3) is 0.385. The Hall–Kier alpha value is -0.580. The highest BCUT2D eigenvalue weighted by atomic mass is 79.9. The Labute approximate surface area is 131 Å². The second-order valence-corrected chi connectivity index (χ2v) is 6.74. The van der Waals surface area contributed by atoms with E-state index in [2.05, 4.69) is 46.9 Å². The second kappa shape index (κ2) is 5.43. The maximum Gasteiger partial charge on any atom is 0.164 e. The van der Waals surface area contributed by atoms with E-state index in [1.165, 1.54) is 0 Å². The zero-order valence-corrected chi connectivity index (χ0v) is 14.0. The Morgan fingerprint density at radius 2 is 1.95 bits per heavy atom. The lowest BCUT2D eigenvalue weighted by atomic mass is 10.1. The van der Waals surface area contributed by atoms with Crippen molar-refractivity contribution in [2.45, 2.75) is 32.2 Å².